The van der Waals surface area contributed by atoms with E-state index in [1.54, 1.807) is 20.8 Å². The SMILES string of the molecule is Cc1cc(Br)ccc1OCCS(=O)(=O)C(C)(C)C. The van der Waals surface area contributed by atoms with Gasteiger partial charge in [0, 0.05) is 4.47 Å². The van der Waals surface area contributed by atoms with Crippen LogP contribution < -0.4 is 4.74 Å². The second-order valence-corrected chi connectivity index (χ2v) is 8.97. The van der Waals surface area contributed by atoms with Crippen molar-refractivity contribution < 1.29 is 13.2 Å². The molecule has 0 aliphatic heterocycles. The Morgan fingerprint density at radius 1 is 1.28 bits per heavy atom. The van der Waals surface area contributed by atoms with E-state index < -0.39 is 14.6 Å². The van der Waals surface area contributed by atoms with Crippen molar-refractivity contribution in [3.63, 3.8) is 0 Å². The van der Waals surface area contributed by atoms with Gasteiger partial charge in [-0.15, -0.1) is 0 Å². The smallest absolute Gasteiger partial charge is 0.158 e. The molecule has 1 aromatic carbocycles. The number of sulfone groups is 1. The highest BCUT2D eigenvalue weighted by Gasteiger charge is 2.28. The minimum atomic E-state index is -3.12. The molecule has 0 saturated carbocycles. The molecule has 5 heteroatoms. The van der Waals surface area contributed by atoms with Crippen LogP contribution in [0.4, 0.5) is 0 Å². The number of aryl methyl sites for hydroxylation is 1. The van der Waals surface area contributed by atoms with Gasteiger partial charge < -0.3 is 4.74 Å². The summed E-state index contributed by atoms with van der Waals surface area (Å²) in [6.07, 6.45) is 0. The van der Waals surface area contributed by atoms with Crippen LogP contribution in [-0.2, 0) is 9.84 Å². The molecule has 0 spiro atoms. The van der Waals surface area contributed by atoms with Crippen LogP contribution in [0, 0.1) is 6.92 Å². The Labute approximate surface area is 118 Å². The predicted octanol–water partition coefficient (Wildman–Crippen LogP) is 3.35. The zero-order chi connectivity index (χ0) is 14.0. The Morgan fingerprint density at radius 2 is 1.89 bits per heavy atom. The van der Waals surface area contributed by atoms with Crippen LogP contribution >= 0.6 is 15.9 Å². The van der Waals surface area contributed by atoms with E-state index in [0.29, 0.717) is 0 Å². The summed E-state index contributed by atoms with van der Waals surface area (Å²) >= 11 is 3.37. The molecule has 0 radical (unpaired) electrons. The molecule has 1 rings (SSSR count). The van der Waals surface area contributed by atoms with Crippen LogP contribution in [0.15, 0.2) is 22.7 Å². The lowest BCUT2D eigenvalue weighted by molar-refractivity contribution is 0.337. The van der Waals surface area contributed by atoms with Crippen LogP contribution in [0.25, 0.3) is 0 Å². The largest absolute Gasteiger partial charge is 0.492 e. The first-order valence-electron chi connectivity index (χ1n) is 5.75. The lowest BCUT2D eigenvalue weighted by atomic mass is 10.2. The molecule has 0 aliphatic carbocycles. The number of ether oxygens (including phenoxy) is 1. The average molecular weight is 335 g/mol. The molecule has 18 heavy (non-hydrogen) atoms. The number of hydrogen-bond donors (Lipinski definition) is 0. The number of benzene rings is 1. The fourth-order valence-corrected chi connectivity index (χ4v) is 2.73. The highest BCUT2D eigenvalue weighted by atomic mass is 79.9. The normalized spacial score (nSPS) is 12.5. The maximum atomic E-state index is 11.9. The maximum absolute atomic E-state index is 11.9. The molecule has 0 atom stereocenters. The van der Waals surface area contributed by atoms with Gasteiger partial charge in [-0.25, -0.2) is 8.42 Å². The van der Waals surface area contributed by atoms with Crippen molar-refractivity contribution in [2.75, 3.05) is 12.4 Å². The highest BCUT2D eigenvalue weighted by molar-refractivity contribution is 9.10. The van der Waals surface area contributed by atoms with Crippen molar-refractivity contribution >= 4 is 25.8 Å². The molecule has 102 valence electrons. The summed E-state index contributed by atoms with van der Waals surface area (Å²) in [6.45, 7) is 7.22. The molecule has 0 heterocycles. The summed E-state index contributed by atoms with van der Waals surface area (Å²) < 4.78 is 29.6. The summed E-state index contributed by atoms with van der Waals surface area (Å²) in [5.41, 5.74) is 0.984. The number of rotatable bonds is 4. The zero-order valence-electron chi connectivity index (χ0n) is 11.2. The van der Waals surface area contributed by atoms with E-state index in [-0.39, 0.29) is 12.4 Å². The van der Waals surface area contributed by atoms with E-state index in [9.17, 15) is 8.42 Å². The van der Waals surface area contributed by atoms with Gasteiger partial charge in [0.2, 0.25) is 0 Å². The molecule has 0 unspecified atom stereocenters. The monoisotopic (exact) mass is 334 g/mol. The summed E-state index contributed by atoms with van der Waals surface area (Å²) in [5.74, 6) is 0.758. The summed E-state index contributed by atoms with van der Waals surface area (Å²) in [6, 6.07) is 5.65. The Kier molecular flexibility index (Phi) is 4.84. The van der Waals surface area contributed by atoms with Crippen molar-refractivity contribution in [1.82, 2.24) is 0 Å². The van der Waals surface area contributed by atoms with E-state index >= 15 is 0 Å². The van der Waals surface area contributed by atoms with Gasteiger partial charge in [-0.2, -0.15) is 0 Å². The van der Waals surface area contributed by atoms with E-state index in [4.69, 9.17) is 4.74 Å². The Bertz CT molecular complexity index is 516. The molecule has 1 aromatic rings. The fraction of sp³-hybridized carbons (Fsp3) is 0.538. The Balaban J connectivity index is 2.63. The van der Waals surface area contributed by atoms with Gasteiger partial charge in [-0.3, -0.25) is 0 Å². The van der Waals surface area contributed by atoms with Gasteiger partial charge in [0.05, 0.1) is 10.5 Å². The van der Waals surface area contributed by atoms with Crippen molar-refractivity contribution in [3.05, 3.63) is 28.2 Å². The van der Waals surface area contributed by atoms with Gasteiger partial charge >= 0.3 is 0 Å². The van der Waals surface area contributed by atoms with Gasteiger partial charge in [0.25, 0.3) is 0 Å². The maximum Gasteiger partial charge on any atom is 0.158 e. The lowest BCUT2D eigenvalue weighted by Gasteiger charge is -2.19. The summed E-state index contributed by atoms with van der Waals surface area (Å²) in [5, 5.41) is 0. The lowest BCUT2D eigenvalue weighted by Crippen LogP contribution is -2.32. The van der Waals surface area contributed by atoms with E-state index in [2.05, 4.69) is 15.9 Å². The molecule has 0 N–H and O–H groups in total. The van der Waals surface area contributed by atoms with Crippen molar-refractivity contribution in [2.45, 2.75) is 32.4 Å². The molecule has 0 aromatic heterocycles. The second kappa shape index (κ2) is 5.61. The predicted molar refractivity (Wildman–Crippen MR) is 77.9 cm³/mol. The summed E-state index contributed by atoms with van der Waals surface area (Å²) in [7, 11) is -3.12. The minimum absolute atomic E-state index is 0.0337. The fourth-order valence-electron chi connectivity index (χ4n) is 1.34. The van der Waals surface area contributed by atoms with E-state index in [0.717, 1.165) is 15.8 Å². The second-order valence-electron chi connectivity index (χ2n) is 5.19. The van der Waals surface area contributed by atoms with Crippen molar-refractivity contribution in [2.24, 2.45) is 0 Å². The van der Waals surface area contributed by atoms with Crippen molar-refractivity contribution in [3.8, 4) is 5.75 Å². The topological polar surface area (TPSA) is 43.4 Å². The molecule has 0 amide bonds. The standard InChI is InChI=1S/C13H19BrO3S/c1-10-9-11(14)5-6-12(10)17-7-8-18(15,16)13(2,3)4/h5-6,9H,7-8H2,1-4H3. The quantitative estimate of drug-likeness (QED) is 0.847. The number of halogens is 1. The first-order chi connectivity index (χ1) is 8.13. The molecule has 0 saturated heterocycles. The third-order valence-electron chi connectivity index (χ3n) is 2.68. The molecule has 3 nitrogen and oxygen atoms in total. The van der Waals surface area contributed by atoms with Crippen molar-refractivity contribution in [1.29, 1.82) is 0 Å². The molecule has 0 bridgehead atoms. The third kappa shape index (κ3) is 3.99. The minimum Gasteiger partial charge on any atom is -0.492 e. The molecule has 0 aliphatic rings. The van der Waals surface area contributed by atoms with Gasteiger partial charge in [0.1, 0.15) is 12.4 Å². The molecular formula is C13H19BrO3S. The summed E-state index contributed by atoms with van der Waals surface area (Å²) in [4.78, 5) is 0. The van der Waals surface area contributed by atoms with E-state index in [1.807, 2.05) is 25.1 Å². The highest BCUT2D eigenvalue weighted by Crippen LogP contribution is 2.22. The molecular weight excluding hydrogens is 316 g/mol. The van der Waals surface area contributed by atoms with Crippen LogP contribution in [0.2, 0.25) is 0 Å². The first kappa shape index (κ1) is 15.5. The number of hydrogen-bond acceptors (Lipinski definition) is 3. The molecule has 0 fully saturated rings. The Morgan fingerprint density at radius 3 is 2.39 bits per heavy atom. The first-order valence-corrected chi connectivity index (χ1v) is 8.19. The van der Waals surface area contributed by atoms with E-state index in [1.165, 1.54) is 0 Å². The van der Waals surface area contributed by atoms with Gasteiger partial charge in [-0.05, 0) is 51.5 Å². The van der Waals surface area contributed by atoms with Gasteiger partial charge in [0.15, 0.2) is 9.84 Å². The Hall–Kier alpha value is -0.550. The van der Waals surface area contributed by atoms with Crippen LogP contribution in [0.3, 0.4) is 0 Å². The van der Waals surface area contributed by atoms with Crippen LogP contribution in [0.1, 0.15) is 26.3 Å². The zero-order valence-corrected chi connectivity index (χ0v) is 13.6. The van der Waals surface area contributed by atoms with Crippen LogP contribution in [0.5, 0.6) is 5.75 Å². The average Bonchev–Trinajstić information content (AvgIpc) is 2.19. The van der Waals surface area contributed by atoms with Gasteiger partial charge in [-0.1, -0.05) is 15.9 Å². The third-order valence-corrected chi connectivity index (χ3v) is 5.74. The van der Waals surface area contributed by atoms with Crippen LogP contribution in [-0.4, -0.2) is 25.5 Å².